The lowest BCUT2D eigenvalue weighted by molar-refractivity contribution is 0.0691. The first-order chi connectivity index (χ1) is 13.4. The quantitative estimate of drug-likeness (QED) is 0.595. The standard InChI is InChI=1S/C19H15FN2O6/c20-12-4-1-11(2-5-12)3-7-14-16-15(22(21-14)19(26)27)8-6-13(18(24)25)17(16)28-10-9-23/h1-8,23H,9-10H2,(H,24,25)(H,26,27)/b7-3+. The summed E-state index contributed by atoms with van der Waals surface area (Å²) in [5.41, 5.74) is 0.718. The maximum atomic E-state index is 13.0. The van der Waals surface area contributed by atoms with Crippen molar-refractivity contribution >= 4 is 35.1 Å². The number of benzene rings is 2. The van der Waals surface area contributed by atoms with Gasteiger partial charge in [-0.3, -0.25) is 0 Å². The minimum atomic E-state index is -1.36. The Morgan fingerprint density at radius 1 is 1.11 bits per heavy atom. The zero-order chi connectivity index (χ0) is 20.3. The summed E-state index contributed by atoms with van der Waals surface area (Å²) >= 11 is 0. The number of ether oxygens (including phenoxy) is 1. The highest BCUT2D eigenvalue weighted by atomic mass is 19.1. The van der Waals surface area contributed by atoms with E-state index in [1.165, 1.54) is 42.5 Å². The van der Waals surface area contributed by atoms with Crippen LogP contribution in [0.1, 0.15) is 21.6 Å². The van der Waals surface area contributed by atoms with Crippen molar-refractivity contribution in [2.75, 3.05) is 13.2 Å². The smallest absolute Gasteiger partial charge is 0.432 e. The molecular weight excluding hydrogens is 371 g/mol. The van der Waals surface area contributed by atoms with E-state index in [0.717, 1.165) is 0 Å². The Kier molecular flexibility index (Phi) is 5.37. The fraction of sp³-hybridized carbons (Fsp3) is 0.105. The van der Waals surface area contributed by atoms with E-state index in [-0.39, 0.29) is 41.1 Å². The summed E-state index contributed by atoms with van der Waals surface area (Å²) in [6, 6.07) is 8.12. The van der Waals surface area contributed by atoms with Gasteiger partial charge >= 0.3 is 12.1 Å². The molecule has 3 aromatic rings. The van der Waals surface area contributed by atoms with E-state index in [1.807, 2.05) is 0 Å². The molecule has 0 amide bonds. The Labute approximate surface area is 157 Å². The lowest BCUT2D eigenvalue weighted by atomic mass is 10.1. The first-order valence-electron chi connectivity index (χ1n) is 8.12. The van der Waals surface area contributed by atoms with Gasteiger partial charge in [0.05, 0.1) is 23.2 Å². The zero-order valence-corrected chi connectivity index (χ0v) is 14.4. The van der Waals surface area contributed by atoms with Crippen LogP contribution in [0.25, 0.3) is 23.1 Å². The second-order valence-electron chi connectivity index (χ2n) is 5.68. The van der Waals surface area contributed by atoms with Gasteiger partial charge in [0.1, 0.15) is 23.7 Å². The third-order valence-corrected chi connectivity index (χ3v) is 3.88. The van der Waals surface area contributed by atoms with Crippen LogP contribution in [0, 0.1) is 5.82 Å². The summed E-state index contributed by atoms with van der Waals surface area (Å²) in [6.45, 7) is -0.540. The van der Waals surface area contributed by atoms with Gasteiger partial charge in [-0.05, 0) is 35.9 Å². The molecule has 3 rings (SSSR count). The Bertz CT molecular complexity index is 1070. The second kappa shape index (κ2) is 7.89. The van der Waals surface area contributed by atoms with Crippen molar-refractivity contribution in [3.63, 3.8) is 0 Å². The van der Waals surface area contributed by atoms with Crippen molar-refractivity contribution in [3.05, 3.63) is 59.0 Å². The van der Waals surface area contributed by atoms with Gasteiger partial charge in [-0.15, -0.1) is 0 Å². The number of hydrogen-bond donors (Lipinski definition) is 3. The topological polar surface area (TPSA) is 122 Å². The molecule has 0 spiro atoms. The Morgan fingerprint density at radius 2 is 1.82 bits per heavy atom. The van der Waals surface area contributed by atoms with Crippen LogP contribution in [0.2, 0.25) is 0 Å². The number of aromatic nitrogens is 2. The predicted octanol–water partition coefficient (Wildman–Crippen LogP) is 2.94. The lowest BCUT2D eigenvalue weighted by Gasteiger charge is -2.10. The second-order valence-corrected chi connectivity index (χ2v) is 5.68. The maximum Gasteiger partial charge on any atom is 0.432 e. The van der Waals surface area contributed by atoms with Crippen LogP contribution in [-0.2, 0) is 0 Å². The third kappa shape index (κ3) is 3.69. The summed E-state index contributed by atoms with van der Waals surface area (Å²) in [5, 5.41) is 32.0. The van der Waals surface area contributed by atoms with Crippen LogP contribution in [0.15, 0.2) is 36.4 Å². The summed E-state index contributed by atoms with van der Waals surface area (Å²) in [7, 11) is 0. The number of rotatable bonds is 6. The van der Waals surface area contributed by atoms with Gasteiger partial charge in [-0.1, -0.05) is 18.2 Å². The van der Waals surface area contributed by atoms with E-state index in [4.69, 9.17) is 9.84 Å². The summed E-state index contributed by atoms with van der Waals surface area (Å²) in [6.07, 6.45) is 1.70. The fourth-order valence-corrected chi connectivity index (χ4v) is 2.69. The molecule has 0 aliphatic heterocycles. The molecule has 0 saturated heterocycles. The first-order valence-corrected chi connectivity index (χ1v) is 8.12. The zero-order valence-electron chi connectivity index (χ0n) is 14.4. The number of fused-ring (bicyclic) bond motifs is 1. The molecule has 3 N–H and O–H groups in total. The van der Waals surface area contributed by atoms with Crippen molar-refractivity contribution in [3.8, 4) is 5.75 Å². The molecule has 0 saturated carbocycles. The van der Waals surface area contributed by atoms with Crippen LogP contribution < -0.4 is 4.74 Å². The number of nitrogens with zero attached hydrogens (tertiary/aromatic N) is 2. The molecule has 0 aliphatic rings. The summed E-state index contributed by atoms with van der Waals surface area (Å²) in [5.74, 6) is -1.76. The Morgan fingerprint density at radius 3 is 2.43 bits per heavy atom. The molecule has 0 unspecified atom stereocenters. The van der Waals surface area contributed by atoms with Gasteiger partial charge in [-0.25, -0.2) is 14.0 Å². The molecule has 144 valence electrons. The van der Waals surface area contributed by atoms with E-state index in [2.05, 4.69) is 5.10 Å². The maximum absolute atomic E-state index is 13.0. The van der Waals surface area contributed by atoms with Gasteiger partial charge in [-0.2, -0.15) is 9.78 Å². The fourth-order valence-electron chi connectivity index (χ4n) is 2.69. The largest absolute Gasteiger partial charge is 0.489 e. The normalized spacial score (nSPS) is 11.2. The molecule has 2 aromatic carbocycles. The van der Waals surface area contributed by atoms with Crippen molar-refractivity contribution < 1.29 is 34.0 Å². The number of aliphatic hydroxyl groups is 1. The summed E-state index contributed by atoms with van der Waals surface area (Å²) < 4.78 is 19.2. The number of aliphatic hydroxyl groups excluding tert-OH is 1. The molecule has 1 aromatic heterocycles. The Balaban J connectivity index is 2.22. The van der Waals surface area contributed by atoms with Crippen molar-refractivity contribution in [2.45, 2.75) is 0 Å². The van der Waals surface area contributed by atoms with Crippen molar-refractivity contribution in [2.24, 2.45) is 0 Å². The molecule has 9 heteroatoms. The van der Waals surface area contributed by atoms with Gasteiger partial charge < -0.3 is 20.1 Å². The highest BCUT2D eigenvalue weighted by molar-refractivity contribution is 6.04. The van der Waals surface area contributed by atoms with Gasteiger partial charge in [0.2, 0.25) is 0 Å². The van der Waals surface area contributed by atoms with Crippen molar-refractivity contribution in [1.82, 2.24) is 9.78 Å². The van der Waals surface area contributed by atoms with Gasteiger partial charge in [0, 0.05) is 0 Å². The van der Waals surface area contributed by atoms with E-state index >= 15 is 0 Å². The molecule has 8 nitrogen and oxygen atoms in total. The number of carboxylic acid groups (broad SMARTS) is 2. The number of hydrogen-bond acceptors (Lipinski definition) is 5. The van der Waals surface area contributed by atoms with Crippen LogP contribution in [0.3, 0.4) is 0 Å². The Hall–Kier alpha value is -3.72. The van der Waals surface area contributed by atoms with E-state index in [1.54, 1.807) is 6.08 Å². The first kappa shape index (κ1) is 19.1. The third-order valence-electron chi connectivity index (χ3n) is 3.88. The average Bonchev–Trinajstić information content (AvgIpc) is 3.05. The minimum absolute atomic E-state index is 0.0923. The molecule has 28 heavy (non-hydrogen) atoms. The van der Waals surface area contributed by atoms with Gasteiger partial charge in [0.15, 0.2) is 0 Å². The van der Waals surface area contributed by atoms with E-state index in [0.29, 0.717) is 10.2 Å². The monoisotopic (exact) mass is 386 g/mol. The van der Waals surface area contributed by atoms with Gasteiger partial charge in [0.25, 0.3) is 0 Å². The number of carbonyl (C=O) groups is 2. The predicted molar refractivity (Wildman–Crippen MR) is 98.0 cm³/mol. The molecule has 1 heterocycles. The highest BCUT2D eigenvalue weighted by Crippen LogP contribution is 2.34. The van der Waals surface area contributed by atoms with E-state index in [9.17, 15) is 24.2 Å². The number of aromatic carboxylic acids is 1. The molecule has 0 aliphatic carbocycles. The number of halogens is 1. The van der Waals surface area contributed by atoms with Crippen LogP contribution in [0.4, 0.5) is 9.18 Å². The molecular formula is C19H15FN2O6. The molecule has 0 atom stereocenters. The lowest BCUT2D eigenvalue weighted by Crippen LogP contribution is -2.10. The average molecular weight is 386 g/mol. The van der Waals surface area contributed by atoms with E-state index < -0.39 is 17.9 Å². The van der Waals surface area contributed by atoms with Crippen LogP contribution >= 0.6 is 0 Å². The molecule has 0 bridgehead atoms. The molecule has 0 radical (unpaired) electrons. The number of carboxylic acids is 1. The molecule has 0 fully saturated rings. The van der Waals surface area contributed by atoms with Crippen LogP contribution in [0.5, 0.6) is 5.75 Å². The van der Waals surface area contributed by atoms with Crippen molar-refractivity contribution in [1.29, 1.82) is 0 Å². The summed E-state index contributed by atoms with van der Waals surface area (Å²) in [4.78, 5) is 23.1. The highest BCUT2D eigenvalue weighted by Gasteiger charge is 2.23. The SMILES string of the molecule is O=C(O)c1ccc2c(c(/C=C/c3ccc(F)cc3)nn2C(=O)O)c1OCCO. The minimum Gasteiger partial charge on any atom is -0.489 e. The van der Waals surface area contributed by atoms with Crippen LogP contribution in [-0.4, -0.2) is 50.4 Å².